The maximum absolute atomic E-state index is 11.3. The zero-order valence-corrected chi connectivity index (χ0v) is 15.4. The van der Waals surface area contributed by atoms with Gasteiger partial charge < -0.3 is 4.74 Å². The van der Waals surface area contributed by atoms with Crippen LogP contribution in [0.4, 0.5) is 0 Å². The highest BCUT2D eigenvalue weighted by Gasteiger charge is 2.08. The number of thioether (sulfide) groups is 1. The Morgan fingerprint density at radius 3 is 2.35 bits per heavy atom. The molecule has 0 aliphatic heterocycles. The third-order valence-corrected chi connectivity index (χ3v) is 4.47. The van der Waals surface area contributed by atoms with Crippen LogP contribution in [-0.4, -0.2) is 33.5 Å². The third-order valence-electron chi connectivity index (χ3n) is 3.65. The van der Waals surface area contributed by atoms with Crippen molar-refractivity contribution >= 4 is 17.7 Å². The first-order chi connectivity index (χ1) is 11.3. The summed E-state index contributed by atoms with van der Waals surface area (Å²) < 4.78 is 4.88. The Kier molecular flexibility index (Phi) is 11.7. The maximum Gasteiger partial charge on any atom is 0.316 e. The van der Waals surface area contributed by atoms with Crippen molar-refractivity contribution in [1.82, 2.24) is 15.2 Å². The van der Waals surface area contributed by atoms with E-state index in [0.29, 0.717) is 11.8 Å². The first-order valence-electron chi connectivity index (χ1n) is 8.96. The minimum Gasteiger partial charge on any atom is -0.465 e. The van der Waals surface area contributed by atoms with Crippen LogP contribution in [0.3, 0.4) is 0 Å². The highest BCUT2D eigenvalue weighted by Crippen LogP contribution is 2.14. The Labute approximate surface area is 144 Å². The molecule has 0 saturated carbocycles. The maximum atomic E-state index is 11.3. The summed E-state index contributed by atoms with van der Waals surface area (Å²) in [5.41, 5.74) is 0. The van der Waals surface area contributed by atoms with Gasteiger partial charge in [0.25, 0.3) is 0 Å². The van der Waals surface area contributed by atoms with E-state index in [1.165, 1.54) is 63.1 Å². The molecule has 1 N–H and O–H groups in total. The molecule has 1 aromatic rings. The fraction of sp³-hybridized carbons (Fsp3) is 0.824. The summed E-state index contributed by atoms with van der Waals surface area (Å²) in [6.45, 7) is 4.47. The summed E-state index contributed by atoms with van der Waals surface area (Å²) in [6.07, 6.45) is 12.8. The summed E-state index contributed by atoms with van der Waals surface area (Å²) in [6, 6.07) is 0. The molecule has 0 atom stereocenters. The van der Waals surface area contributed by atoms with Gasteiger partial charge >= 0.3 is 5.97 Å². The van der Waals surface area contributed by atoms with Crippen molar-refractivity contribution in [1.29, 1.82) is 0 Å². The van der Waals surface area contributed by atoms with Crippen molar-refractivity contribution in [3.8, 4) is 0 Å². The second-order valence-electron chi connectivity index (χ2n) is 5.74. The largest absolute Gasteiger partial charge is 0.465 e. The van der Waals surface area contributed by atoms with Gasteiger partial charge in [-0.3, -0.25) is 9.89 Å². The zero-order valence-electron chi connectivity index (χ0n) is 14.6. The fourth-order valence-corrected chi connectivity index (χ4v) is 3.00. The standard InChI is InChI=1S/C17H31N3O2S/c1-3-5-6-7-8-9-10-11-12-13-15-18-17(20-19-15)23-14-16(21)22-4-2/h3-14H2,1-2H3,(H,18,19,20). The Balaban J connectivity index is 2.02. The number of H-pyrrole nitrogens is 1. The number of aromatic nitrogens is 3. The molecule has 6 heteroatoms. The molecule has 1 aromatic heterocycles. The van der Waals surface area contributed by atoms with Crippen LogP contribution in [0.5, 0.6) is 0 Å². The monoisotopic (exact) mass is 341 g/mol. The van der Waals surface area contributed by atoms with Crippen LogP contribution in [0.25, 0.3) is 0 Å². The lowest BCUT2D eigenvalue weighted by molar-refractivity contribution is -0.139. The van der Waals surface area contributed by atoms with Crippen molar-refractivity contribution in [2.75, 3.05) is 12.4 Å². The number of esters is 1. The topological polar surface area (TPSA) is 67.9 Å². The molecule has 0 fully saturated rings. The molecular formula is C17H31N3O2S. The van der Waals surface area contributed by atoms with Crippen LogP contribution in [-0.2, 0) is 16.0 Å². The Morgan fingerprint density at radius 1 is 1.04 bits per heavy atom. The molecule has 0 unspecified atom stereocenters. The van der Waals surface area contributed by atoms with E-state index >= 15 is 0 Å². The van der Waals surface area contributed by atoms with E-state index in [4.69, 9.17) is 4.74 Å². The van der Waals surface area contributed by atoms with Crippen LogP contribution >= 0.6 is 11.8 Å². The lowest BCUT2D eigenvalue weighted by Crippen LogP contribution is -2.06. The van der Waals surface area contributed by atoms with Gasteiger partial charge in [-0.2, -0.15) is 0 Å². The number of unbranched alkanes of at least 4 members (excludes halogenated alkanes) is 8. The molecular weight excluding hydrogens is 310 g/mol. The molecule has 0 saturated heterocycles. The van der Waals surface area contributed by atoms with Gasteiger partial charge in [0.05, 0.1) is 12.4 Å². The van der Waals surface area contributed by atoms with E-state index < -0.39 is 0 Å². The van der Waals surface area contributed by atoms with Gasteiger partial charge in [-0.05, 0) is 13.3 Å². The minimum absolute atomic E-state index is 0.220. The molecule has 1 heterocycles. The van der Waals surface area contributed by atoms with E-state index in [9.17, 15) is 4.79 Å². The molecule has 1 rings (SSSR count). The van der Waals surface area contributed by atoms with E-state index in [0.717, 1.165) is 18.7 Å². The smallest absolute Gasteiger partial charge is 0.316 e. The van der Waals surface area contributed by atoms with Gasteiger partial charge in [-0.15, -0.1) is 5.10 Å². The van der Waals surface area contributed by atoms with E-state index in [1.807, 2.05) is 0 Å². The van der Waals surface area contributed by atoms with Gasteiger partial charge in [-0.25, -0.2) is 4.98 Å². The highest BCUT2D eigenvalue weighted by atomic mass is 32.2. The van der Waals surface area contributed by atoms with Gasteiger partial charge in [0.2, 0.25) is 5.16 Å². The summed E-state index contributed by atoms with van der Waals surface area (Å²) in [5.74, 6) is 0.963. The van der Waals surface area contributed by atoms with Crippen molar-refractivity contribution in [2.45, 2.75) is 83.2 Å². The molecule has 5 nitrogen and oxygen atoms in total. The molecule has 0 aliphatic carbocycles. The number of aromatic amines is 1. The highest BCUT2D eigenvalue weighted by molar-refractivity contribution is 7.99. The van der Waals surface area contributed by atoms with Gasteiger partial charge in [-0.1, -0.05) is 70.1 Å². The molecule has 0 spiro atoms. The zero-order chi connectivity index (χ0) is 16.8. The predicted octanol–water partition coefficient (Wildman–Crippen LogP) is 4.53. The van der Waals surface area contributed by atoms with Gasteiger partial charge in [0, 0.05) is 6.42 Å². The van der Waals surface area contributed by atoms with Crippen LogP contribution < -0.4 is 0 Å². The second-order valence-corrected chi connectivity index (χ2v) is 6.68. The number of nitrogens with zero attached hydrogens (tertiary/aromatic N) is 2. The van der Waals surface area contributed by atoms with E-state index in [2.05, 4.69) is 22.1 Å². The SMILES string of the molecule is CCCCCCCCCCCc1nc(SCC(=O)OCC)n[nH]1. The summed E-state index contributed by atoms with van der Waals surface area (Å²) in [4.78, 5) is 15.7. The lowest BCUT2D eigenvalue weighted by Gasteiger charge is -2.01. The number of ether oxygens (including phenoxy) is 1. The van der Waals surface area contributed by atoms with Crippen LogP contribution in [0, 0.1) is 0 Å². The lowest BCUT2D eigenvalue weighted by atomic mass is 10.1. The fourth-order valence-electron chi connectivity index (χ4n) is 2.38. The average molecular weight is 342 g/mol. The second kappa shape index (κ2) is 13.4. The molecule has 0 aliphatic rings. The van der Waals surface area contributed by atoms with E-state index in [-0.39, 0.29) is 11.7 Å². The number of aryl methyl sites for hydroxylation is 1. The number of rotatable bonds is 14. The quantitative estimate of drug-likeness (QED) is 0.306. The number of nitrogens with one attached hydrogen (secondary N) is 1. The molecule has 0 bridgehead atoms. The van der Waals surface area contributed by atoms with Crippen molar-refractivity contribution < 1.29 is 9.53 Å². The third kappa shape index (κ3) is 10.4. The summed E-state index contributed by atoms with van der Waals surface area (Å²) >= 11 is 1.32. The minimum atomic E-state index is -0.220. The van der Waals surface area contributed by atoms with E-state index in [1.54, 1.807) is 6.92 Å². The summed E-state index contributed by atoms with van der Waals surface area (Å²) in [7, 11) is 0. The summed E-state index contributed by atoms with van der Waals surface area (Å²) in [5, 5.41) is 7.71. The van der Waals surface area contributed by atoms with Crippen LogP contribution in [0.2, 0.25) is 0 Å². The average Bonchev–Trinajstić information content (AvgIpc) is 2.99. The molecule has 132 valence electrons. The van der Waals surface area contributed by atoms with Crippen molar-refractivity contribution in [3.05, 3.63) is 5.82 Å². The first kappa shape index (κ1) is 20.0. The first-order valence-corrected chi connectivity index (χ1v) is 9.94. The predicted molar refractivity (Wildman–Crippen MR) is 94.7 cm³/mol. The number of carbonyl (C=O) groups is 1. The van der Waals surface area contributed by atoms with Gasteiger partial charge in [0.1, 0.15) is 5.82 Å². The van der Waals surface area contributed by atoms with Crippen LogP contribution in [0.15, 0.2) is 5.16 Å². The molecule has 0 aromatic carbocycles. The number of carbonyl (C=O) groups excluding carboxylic acids is 1. The molecule has 0 radical (unpaired) electrons. The molecule has 23 heavy (non-hydrogen) atoms. The van der Waals surface area contributed by atoms with Gasteiger partial charge in [0.15, 0.2) is 0 Å². The van der Waals surface area contributed by atoms with Crippen molar-refractivity contribution in [2.24, 2.45) is 0 Å². The number of hydrogen-bond donors (Lipinski definition) is 1. The molecule has 0 amide bonds. The van der Waals surface area contributed by atoms with Crippen molar-refractivity contribution in [3.63, 3.8) is 0 Å². The Hall–Kier alpha value is -1.04. The normalized spacial score (nSPS) is 10.9. The van der Waals surface area contributed by atoms with Crippen LogP contribution in [0.1, 0.15) is 77.5 Å². The Bertz CT molecular complexity index is 424. The Morgan fingerprint density at radius 2 is 1.70 bits per heavy atom. The number of hydrogen-bond acceptors (Lipinski definition) is 5.